The van der Waals surface area contributed by atoms with Crippen molar-refractivity contribution in [1.29, 1.82) is 0 Å². The van der Waals surface area contributed by atoms with Gasteiger partial charge in [0, 0.05) is 18.2 Å². The first-order valence-electron chi connectivity index (χ1n) is 4.93. The topological polar surface area (TPSA) is 66.4 Å². The van der Waals surface area contributed by atoms with Crippen LogP contribution in [0.1, 0.15) is 12.5 Å². The van der Waals surface area contributed by atoms with Crippen molar-refractivity contribution in [2.24, 2.45) is 0 Å². The lowest BCUT2D eigenvalue weighted by Crippen LogP contribution is -2.21. The average molecular weight is 237 g/mol. The number of halogens is 1. The zero-order valence-electron chi connectivity index (χ0n) is 9.24. The van der Waals surface area contributed by atoms with Crippen molar-refractivity contribution in [3.8, 4) is 0 Å². The zero-order valence-corrected chi connectivity index (χ0v) is 9.24. The minimum Gasteiger partial charge on any atom is -0.478 e. The molecule has 0 bridgehead atoms. The maximum atomic E-state index is 12.6. The highest BCUT2D eigenvalue weighted by Gasteiger charge is 2.03. The molecule has 0 aliphatic carbocycles. The maximum Gasteiger partial charge on any atom is 0.331 e. The van der Waals surface area contributed by atoms with Gasteiger partial charge in [-0.15, -0.1) is 0 Å². The SMILES string of the molecule is C/C(=C\C(=O)NCc1ccc(F)cc1)C(=O)O. The van der Waals surface area contributed by atoms with Gasteiger partial charge < -0.3 is 10.4 Å². The third-order valence-electron chi connectivity index (χ3n) is 2.06. The monoisotopic (exact) mass is 237 g/mol. The lowest BCUT2D eigenvalue weighted by atomic mass is 10.2. The number of carbonyl (C=O) groups is 2. The van der Waals surface area contributed by atoms with Gasteiger partial charge in [-0.25, -0.2) is 9.18 Å². The van der Waals surface area contributed by atoms with Gasteiger partial charge in [-0.2, -0.15) is 0 Å². The Morgan fingerprint density at radius 3 is 2.47 bits per heavy atom. The standard InChI is InChI=1S/C12H12FNO3/c1-8(12(16)17)6-11(15)14-7-9-2-4-10(13)5-3-9/h2-6H,7H2,1H3,(H,14,15)(H,16,17)/b8-6+. The number of hydrogen-bond acceptors (Lipinski definition) is 2. The minimum atomic E-state index is -1.14. The summed E-state index contributed by atoms with van der Waals surface area (Å²) in [4.78, 5) is 21.7. The second-order valence-electron chi connectivity index (χ2n) is 3.48. The van der Waals surface area contributed by atoms with Crippen LogP contribution in [0.2, 0.25) is 0 Å². The largest absolute Gasteiger partial charge is 0.478 e. The zero-order chi connectivity index (χ0) is 12.8. The predicted molar refractivity (Wildman–Crippen MR) is 59.6 cm³/mol. The molecular weight excluding hydrogens is 225 g/mol. The van der Waals surface area contributed by atoms with Gasteiger partial charge in [-0.1, -0.05) is 12.1 Å². The van der Waals surface area contributed by atoms with E-state index in [9.17, 15) is 14.0 Å². The van der Waals surface area contributed by atoms with Crippen LogP contribution in [-0.2, 0) is 16.1 Å². The Hall–Kier alpha value is -2.17. The van der Waals surface area contributed by atoms with E-state index < -0.39 is 11.9 Å². The molecule has 0 radical (unpaired) electrons. The maximum absolute atomic E-state index is 12.6. The molecule has 1 aromatic rings. The Morgan fingerprint density at radius 1 is 1.35 bits per heavy atom. The van der Waals surface area contributed by atoms with Crippen LogP contribution in [0.4, 0.5) is 4.39 Å². The molecule has 0 saturated carbocycles. The number of amides is 1. The summed E-state index contributed by atoms with van der Waals surface area (Å²) in [6.45, 7) is 1.56. The molecule has 90 valence electrons. The number of benzene rings is 1. The molecular formula is C12H12FNO3. The number of carboxylic acids is 1. The number of carboxylic acid groups (broad SMARTS) is 1. The van der Waals surface area contributed by atoms with Crippen LogP contribution in [0.15, 0.2) is 35.9 Å². The fourth-order valence-corrected chi connectivity index (χ4v) is 1.10. The first-order chi connectivity index (χ1) is 7.99. The number of hydrogen-bond donors (Lipinski definition) is 2. The smallest absolute Gasteiger partial charge is 0.331 e. The number of aliphatic carboxylic acids is 1. The molecule has 0 aliphatic rings. The molecule has 2 N–H and O–H groups in total. The third kappa shape index (κ3) is 4.46. The van der Waals surface area contributed by atoms with Crippen LogP contribution in [0.3, 0.4) is 0 Å². The Bertz CT molecular complexity index is 451. The molecule has 1 rings (SSSR count). The van der Waals surface area contributed by atoms with E-state index in [1.807, 2.05) is 0 Å². The van der Waals surface area contributed by atoms with E-state index in [2.05, 4.69) is 5.32 Å². The van der Waals surface area contributed by atoms with Crippen LogP contribution in [0.25, 0.3) is 0 Å². The van der Waals surface area contributed by atoms with Gasteiger partial charge >= 0.3 is 5.97 Å². The summed E-state index contributed by atoms with van der Waals surface area (Å²) in [6.07, 6.45) is 1.01. The van der Waals surface area contributed by atoms with Crippen LogP contribution in [-0.4, -0.2) is 17.0 Å². The molecule has 0 saturated heterocycles. The summed E-state index contributed by atoms with van der Waals surface area (Å²) >= 11 is 0. The summed E-state index contributed by atoms with van der Waals surface area (Å²) in [7, 11) is 0. The summed E-state index contributed by atoms with van der Waals surface area (Å²) in [6, 6.07) is 5.67. The van der Waals surface area contributed by atoms with Crippen LogP contribution in [0, 0.1) is 5.82 Å². The lowest BCUT2D eigenvalue weighted by molar-refractivity contribution is -0.133. The van der Waals surface area contributed by atoms with E-state index in [1.165, 1.54) is 19.1 Å². The Labute approximate surface area is 97.8 Å². The molecule has 4 nitrogen and oxygen atoms in total. The summed E-state index contributed by atoms with van der Waals surface area (Å²) in [5, 5.41) is 11.1. The highest BCUT2D eigenvalue weighted by molar-refractivity contribution is 5.97. The highest BCUT2D eigenvalue weighted by atomic mass is 19.1. The number of rotatable bonds is 4. The Balaban J connectivity index is 2.51. The van der Waals surface area contributed by atoms with Crippen molar-refractivity contribution >= 4 is 11.9 Å². The van der Waals surface area contributed by atoms with E-state index in [-0.39, 0.29) is 17.9 Å². The van der Waals surface area contributed by atoms with E-state index >= 15 is 0 Å². The van der Waals surface area contributed by atoms with Gasteiger partial charge in [0.15, 0.2) is 0 Å². The molecule has 0 unspecified atom stereocenters. The summed E-state index contributed by atoms with van der Waals surface area (Å²) < 4.78 is 12.6. The molecule has 0 fully saturated rings. The van der Waals surface area contributed by atoms with Crippen LogP contribution < -0.4 is 5.32 Å². The van der Waals surface area contributed by atoms with Gasteiger partial charge in [0.05, 0.1) is 0 Å². The first kappa shape index (κ1) is 12.9. The fraction of sp³-hybridized carbons (Fsp3) is 0.167. The fourth-order valence-electron chi connectivity index (χ4n) is 1.10. The Morgan fingerprint density at radius 2 is 1.94 bits per heavy atom. The molecule has 0 aliphatic heterocycles. The quantitative estimate of drug-likeness (QED) is 0.779. The third-order valence-corrected chi connectivity index (χ3v) is 2.06. The Kier molecular flexibility index (Phi) is 4.39. The van der Waals surface area contributed by atoms with Gasteiger partial charge in [-0.3, -0.25) is 4.79 Å². The molecule has 5 heteroatoms. The van der Waals surface area contributed by atoms with Crippen molar-refractivity contribution in [1.82, 2.24) is 5.32 Å². The van der Waals surface area contributed by atoms with Gasteiger partial charge in [0.2, 0.25) is 5.91 Å². The van der Waals surface area contributed by atoms with Crippen molar-refractivity contribution in [3.63, 3.8) is 0 Å². The van der Waals surface area contributed by atoms with Gasteiger partial charge in [-0.05, 0) is 24.6 Å². The second kappa shape index (κ2) is 5.79. The first-order valence-corrected chi connectivity index (χ1v) is 4.93. The van der Waals surface area contributed by atoms with Crippen molar-refractivity contribution in [3.05, 3.63) is 47.3 Å². The molecule has 0 spiro atoms. The minimum absolute atomic E-state index is 0.0402. The second-order valence-corrected chi connectivity index (χ2v) is 3.48. The van der Waals surface area contributed by atoms with E-state index in [0.717, 1.165) is 11.6 Å². The highest BCUT2D eigenvalue weighted by Crippen LogP contribution is 2.02. The molecule has 0 aromatic heterocycles. The molecule has 17 heavy (non-hydrogen) atoms. The van der Waals surface area contributed by atoms with Gasteiger partial charge in [0.1, 0.15) is 5.82 Å². The summed E-state index contributed by atoms with van der Waals surface area (Å²) in [5.41, 5.74) is 0.697. The van der Waals surface area contributed by atoms with Gasteiger partial charge in [0.25, 0.3) is 0 Å². The molecule has 0 heterocycles. The van der Waals surface area contributed by atoms with Crippen LogP contribution in [0.5, 0.6) is 0 Å². The predicted octanol–water partition coefficient (Wildman–Crippen LogP) is 1.47. The average Bonchev–Trinajstić information content (AvgIpc) is 2.28. The number of carbonyl (C=O) groups excluding carboxylic acids is 1. The number of nitrogens with one attached hydrogen (secondary N) is 1. The van der Waals surface area contributed by atoms with Crippen molar-refractivity contribution in [2.75, 3.05) is 0 Å². The van der Waals surface area contributed by atoms with E-state index in [0.29, 0.717) is 0 Å². The van der Waals surface area contributed by atoms with E-state index in [4.69, 9.17) is 5.11 Å². The molecule has 0 atom stereocenters. The molecule has 1 aromatic carbocycles. The summed E-state index contributed by atoms with van der Waals surface area (Å²) in [5.74, 6) is -1.97. The van der Waals surface area contributed by atoms with E-state index in [1.54, 1.807) is 12.1 Å². The van der Waals surface area contributed by atoms with Crippen LogP contribution >= 0.6 is 0 Å². The lowest BCUT2D eigenvalue weighted by Gasteiger charge is -2.02. The van der Waals surface area contributed by atoms with Crippen molar-refractivity contribution < 1.29 is 19.1 Å². The van der Waals surface area contributed by atoms with Crippen molar-refractivity contribution in [2.45, 2.75) is 13.5 Å². The normalized spacial score (nSPS) is 11.1. The molecule has 1 amide bonds.